The molecule has 5 nitrogen and oxygen atoms in total. The number of nitrogens with one attached hydrogen (secondary N) is 1. The molecule has 0 amide bonds. The van der Waals surface area contributed by atoms with Gasteiger partial charge in [0.25, 0.3) is 0 Å². The Labute approximate surface area is 124 Å². The maximum absolute atomic E-state index is 12.1. The molecular formula is C16H20N2O3. The van der Waals surface area contributed by atoms with Gasteiger partial charge in [0, 0.05) is 31.6 Å². The number of ketones is 1. The number of ether oxygens (including phenoxy) is 1. The normalized spacial score (nSPS) is 21.3. The number of methoxy groups -OCH3 is 1. The van der Waals surface area contributed by atoms with Crippen LogP contribution < -0.4 is 10.2 Å². The van der Waals surface area contributed by atoms with E-state index in [-0.39, 0.29) is 5.78 Å². The molecule has 1 aliphatic heterocycles. The summed E-state index contributed by atoms with van der Waals surface area (Å²) in [6.07, 6.45) is 1.45. The molecule has 0 saturated heterocycles. The van der Waals surface area contributed by atoms with Gasteiger partial charge in [-0.05, 0) is 24.6 Å². The van der Waals surface area contributed by atoms with E-state index >= 15 is 0 Å². The monoisotopic (exact) mass is 288 g/mol. The standard InChI is InChI=1S/C16H20N2O3/c1-10-9-13(19)14(16(20)21-4)15(17-10)11-5-7-12(8-6-11)18(2)3/h5-9,14-15,17H,1-4H3/t14-,15+/m0/s1. The zero-order valence-electron chi connectivity index (χ0n) is 12.7. The van der Waals surface area contributed by atoms with Crippen LogP contribution in [-0.4, -0.2) is 33.0 Å². The third-order valence-electron chi connectivity index (χ3n) is 3.61. The van der Waals surface area contributed by atoms with Crippen molar-refractivity contribution < 1.29 is 14.3 Å². The second-order valence-corrected chi connectivity index (χ2v) is 5.34. The number of benzene rings is 1. The lowest BCUT2D eigenvalue weighted by Crippen LogP contribution is -2.41. The van der Waals surface area contributed by atoms with Crippen LogP contribution in [0.5, 0.6) is 0 Å². The molecule has 1 aromatic rings. The molecule has 0 spiro atoms. The first kappa shape index (κ1) is 15.1. The van der Waals surface area contributed by atoms with Crippen molar-refractivity contribution in [1.82, 2.24) is 5.32 Å². The molecule has 5 heteroatoms. The van der Waals surface area contributed by atoms with Gasteiger partial charge in [-0.2, -0.15) is 0 Å². The van der Waals surface area contributed by atoms with Crippen LogP contribution >= 0.6 is 0 Å². The van der Waals surface area contributed by atoms with Crippen LogP contribution in [0.1, 0.15) is 18.5 Å². The summed E-state index contributed by atoms with van der Waals surface area (Å²) in [5.74, 6) is -1.58. The van der Waals surface area contributed by atoms with E-state index in [0.29, 0.717) is 0 Å². The number of nitrogens with zero attached hydrogens (tertiary/aromatic N) is 1. The van der Waals surface area contributed by atoms with Crippen LogP contribution in [0.3, 0.4) is 0 Å². The molecule has 0 bridgehead atoms. The number of esters is 1. The molecule has 0 unspecified atom stereocenters. The first-order chi connectivity index (χ1) is 9.93. The van der Waals surface area contributed by atoms with Gasteiger partial charge in [-0.3, -0.25) is 9.59 Å². The Morgan fingerprint density at radius 3 is 2.38 bits per heavy atom. The first-order valence-electron chi connectivity index (χ1n) is 6.78. The van der Waals surface area contributed by atoms with Gasteiger partial charge in [-0.1, -0.05) is 12.1 Å². The van der Waals surface area contributed by atoms with E-state index in [2.05, 4.69) is 5.32 Å². The molecular weight excluding hydrogens is 268 g/mol. The molecule has 1 aliphatic rings. The van der Waals surface area contributed by atoms with Gasteiger partial charge in [0.2, 0.25) is 0 Å². The van der Waals surface area contributed by atoms with Crippen LogP contribution in [0.15, 0.2) is 36.0 Å². The summed E-state index contributed by atoms with van der Waals surface area (Å²) in [6.45, 7) is 1.81. The summed E-state index contributed by atoms with van der Waals surface area (Å²) in [5.41, 5.74) is 2.70. The Balaban J connectivity index is 2.36. The molecule has 1 aromatic carbocycles. The third kappa shape index (κ3) is 3.07. The average Bonchev–Trinajstić information content (AvgIpc) is 2.45. The molecule has 2 rings (SSSR count). The topological polar surface area (TPSA) is 58.6 Å². The fourth-order valence-electron chi connectivity index (χ4n) is 2.47. The lowest BCUT2D eigenvalue weighted by molar-refractivity contribution is -0.149. The summed E-state index contributed by atoms with van der Waals surface area (Å²) >= 11 is 0. The van der Waals surface area contributed by atoms with E-state index in [1.807, 2.05) is 50.2 Å². The summed E-state index contributed by atoms with van der Waals surface area (Å²) < 4.78 is 4.77. The van der Waals surface area contributed by atoms with E-state index in [9.17, 15) is 9.59 Å². The zero-order chi connectivity index (χ0) is 15.6. The molecule has 1 heterocycles. The summed E-state index contributed by atoms with van der Waals surface area (Å²) in [7, 11) is 5.22. The van der Waals surface area contributed by atoms with E-state index < -0.39 is 17.9 Å². The smallest absolute Gasteiger partial charge is 0.319 e. The van der Waals surface area contributed by atoms with Crippen molar-refractivity contribution in [3.05, 3.63) is 41.6 Å². The van der Waals surface area contributed by atoms with Gasteiger partial charge in [-0.15, -0.1) is 0 Å². The molecule has 1 N–H and O–H groups in total. The summed E-state index contributed by atoms with van der Waals surface area (Å²) in [4.78, 5) is 26.1. The van der Waals surface area contributed by atoms with Crippen molar-refractivity contribution >= 4 is 17.4 Å². The third-order valence-corrected chi connectivity index (χ3v) is 3.61. The van der Waals surface area contributed by atoms with E-state index in [0.717, 1.165) is 16.9 Å². The highest BCUT2D eigenvalue weighted by atomic mass is 16.5. The number of carbonyl (C=O) groups excluding carboxylic acids is 2. The summed E-state index contributed by atoms with van der Waals surface area (Å²) in [5, 5.41) is 3.20. The van der Waals surface area contributed by atoms with E-state index in [4.69, 9.17) is 4.74 Å². The number of rotatable bonds is 3. The minimum absolute atomic E-state index is 0.222. The van der Waals surface area contributed by atoms with Crippen molar-refractivity contribution in [2.45, 2.75) is 13.0 Å². The molecule has 112 valence electrons. The van der Waals surface area contributed by atoms with Crippen molar-refractivity contribution in [2.24, 2.45) is 5.92 Å². The van der Waals surface area contributed by atoms with Crippen molar-refractivity contribution in [1.29, 1.82) is 0 Å². The van der Waals surface area contributed by atoms with Crippen molar-refractivity contribution in [3.63, 3.8) is 0 Å². The first-order valence-corrected chi connectivity index (χ1v) is 6.78. The van der Waals surface area contributed by atoms with Crippen LogP contribution in [0.2, 0.25) is 0 Å². The fraction of sp³-hybridized carbons (Fsp3) is 0.375. The molecule has 0 fully saturated rings. The van der Waals surface area contributed by atoms with Crippen LogP contribution in [-0.2, 0) is 14.3 Å². The lowest BCUT2D eigenvalue weighted by atomic mass is 9.86. The largest absolute Gasteiger partial charge is 0.468 e. The SMILES string of the molecule is COC(=O)[C@H]1C(=O)C=C(C)N[C@@H]1c1ccc(N(C)C)cc1. The van der Waals surface area contributed by atoms with Gasteiger partial charge < -0.3 is 15.0 Å². The number of hydrogen-bond donors (Lipinski definition) is 1. The number of allylic oxidation sites excluding steroid dienone is 2. The Hall–Kier alpha value is -2.30. The van der Waals surface area contributed by atoms with Crippen molar-refractivity contribution in [3.8, 4) is 0 Å². The lowest BCUT2D eigenvalue weighted by Gasteiger charge is -2.30. The van der Waals surface area contributed by atoms with Crippen LogP contribution in [0.4, 0.5) is 5.69 Å². The Bertz CT molecular complexity index is 576. The number of anilines is 1. The maximum atomic E-state index is 12.1. The fourth-order valence-corrected chi connectivity index (χ4v) is 2.47. The zero-order valence-corrected chi connectivity index (χ0v) is 12.7. The second kappa shape index (κ2) is 5.99. The Morgan fingerprint density at radius 1 is 1.24 bits per heavy atom. The quantitative estimate of drug-likeness (QED) is 0.677. The maximum Gasteiger partial charge on any atom is 0.319 e. The van der Waals surface area contributed by atoms with Crippen molar-refractivity contribution in [2.75, 3.05) is 26.1 Å². The van der Waals surface area contributed by atoms with E-state index in [1.165, 1.54) is 13.2 Å². The second-order valence-electron chi connectivity index (χ2n) is 5.34. The minimum Gasteiger partial charge on any atom is -0.468 e. The Kier molecular flexibility index (Phi) is 4.31. The highest BCUT2D eigenvalue weighted by Gasteiger charge is 2.38. The van der Waals surface area contributed by atoms with Gasteiger partial charge in [-0.25, -0.2) is 0 Å². The molecule has 21 heavy (non-hydrogen) atoms. The average molecular weight is 288 g/mol. The van der Waals surface area contributed by atoms with Gasteiger partial charge in [0.1, 0.15) is 5.92 Å². The highest BCUT2D eigenvalue weighted by molar-refractivity contribution is 6.06. The minimum atomic E-state index is -0.844. The molecule has 0 radical (unpaired) electrons. The van der Waals surface area contributed by atoms with Crippen LogP contribution in [0.25, 0.3) is 0 Å². The molecule has 2 atom stereocenters. The highest BCUT2D eigenvalue weighted by Crippen LogP contribution is 2.30. The number of carbonyl (C=O) groups is 2. The van der Waals surface area contributed by atoms with Gasteiger partial charge in [0.05, 0.1) is 13.2 Å². The summed E-state index contributed by atoms with van der Waals surface area (Å²) in [6, 6.07) is 7.38. The van der Waals surface area contributed by atoms with Crippen LogP contribution in [0, 0.1) is 5.92 Å². The Morgan fingerprint density at radius 2 is 1.86 bits per heavy atom. The predicted molar refractivity (Wildman–Crippen MR) is 80.9 cm³/mol. The molecule has 0 aliphatic carbocycles. The molecule has 0 aromatic heterocycles. The predicted octanol–water partition coefficient (Wildman–Crippen LogP) is 1.66. The number of hydrogen-bond acceptors (Lipinski definition) is 5. The molecule has 0 saturated carbocycles. The van der Waals surface area contributed by atoms with E-state index in [1.54, 1.807) is 0 Å². The van der Waals surface area contributed by atoms with Gasteiger partial charge >= 0.3 is 5.97 Å². The van der Waals surface area contributed by atoms with Gasteiger partial charge in [0.15, 0.2) is 5.78 Å².